The molecule has 1 amide bonds. The molecular weight excluding hydrogens is 350 g/mol. The zero-order valence-corrected chi connectivity index (χ0v) is 14.1. The van der Waals surface area contributed by atoms with Gasteiger partial charge in [-0.3, -0.25) is 4.79 Å². The lowest BCUT2D eigenvalue weighted by Crippen LogP contribution is -2.33. The van der Waals surface area contributed by atoms with Crippen LogP contribution in [-0.4, -0.2) is 18.6 Å². The number of ether oxygens (including phenoxy) is 1. The maximum Gasteiger partial charge on any atom is 0.261 e. The second-order valence-corrected chi connectivity index (χ2v) is 7.08. The molecule has 1 aromatic carbocycles. The Bertz CT molecular complexity index is 668. The van der Waals surface area contributed by atoms with Gasteiger partial charge in [0.05, 0.1) is 11.5 Å². The summed E-state index contributed by atoms with van der Waals surface area (Å²) in [5.74, 6) is 0.988. The summed E-state index contributed by atoms with van der Waals surface area (Å²) < 4.78 is 6.46. The van der Waals surface area contributed by atoms with E-state index < -0.39 is 0 Å². The summed E-state index contributed by atoms with van der Waals surface area (Å²) in [5.41, 5.74) is 2.51. The first-order valence-electron chi connectivity index (χ1n) is 6.91. The molecular formula is C16H16BrNO2S. The van der Waals surface area contributed by atoms with E-state index in [2.05, 4.69) is 33.4 Å². The second kappa shape index (κ2) is 6.20. The molecule has 110 valence electrons. The largest absolute Gasteiger partial charge is 0.493 e. The van der Waals surface area contributed by atoms with Crippen LogP contribution < -0.4 is 10.1 Å². The van der Waals surface area contributed by atoms with Crippen molar-refractivity contribution in [2.45, 2.75) is 25.8 Å². The summed E-state index contributed by atoms with van der Waals surface area (Å²) in [5, 5.41) is 4.96. The van der Waals surface area contributed by atoms with E-state index in [1.165, 1.54) is 22.5 Å². The number of halogens is 1. The lowest BCUT2D eigenvalue weighted by Gasteiger charge is -2.14. The number of carbonyl (C=O) groups is 1. The van der Waals surface area contributed by atoms with Crippen LogP contribution in [0, 0.1) is 0 Å². The van der Waals surface area contributed by atoms with Crippen molar-refractivity contribution in [3.63, 3.8) is 0 Å². The van der Waals surface area contributed by atoms with Gasteiger partial charge < -0.3 is 10.1 Å². The van der Waals surface area contributed by atoms with Gasteiger partial charge in [-0.15, -0.1) is 11.3 Å². The third-order valence-corrected chi connectivity index (χ3v) is 5.15. The van der Waals surface area contributed by atoms with Crippen molar-refractivity contribution in [1.29, 1.82) is 0 Å². The summed E-state index contributed by atoms with van der Waals surface area (Å²) in [4.78, 5) is 12.8. The van der Waals surface area contributed by atoms with Gasteiger partial charge in [0.1, 0.15) is 5.75 Å². The van der Waals surface area contributed by atoms with E-state index in [4.69, 9.17) is 4.74 Å². The standard InChI is InChI=1S/C16H16BrNO2S/c1-10(18-16(19)15-8-13(17)9-21-15)6-11-2-3-14-12(7-11)4-5-20-14/h2-3,7-10H,4-6H2,1H3,(H,18,19). The minimum Gasteiger partial charge on any atom is -0.493 e. The van der Waals surface area contributed by atoms with Gasteiger partial charge in [-0.1, -0.05) is 12.1 Å². The Morgan fingerprint density at radius 2 is 2.33 bits per heavy atom. The van der Waals surface area contributed by atoms with Gasteiger partial charge in [0.25, 0.3) is 5.91 Å². The predicted octanol–water partition coefficient (Wildman–Crippen LogP) is 3.81. The van der Waals surface area contributed by atoms with Crippen LogP contribution in [0.3, 0.4) is 0 Å². The van der Waals surface area contributed by atoms with E-state index in [0.29, 0.717) is 0 Å². The number of amides is 1. The van der Waals surface area contributed by atoms with E-state index in [0.717, 1.165) is 34.5 Å². The lowest BCUT2D eigenvalue weighted by molar-refractivity contribution is 0.0944. The van der Waals surface area contributed by atoms with Crippen LogP contribution in [0.4, 0.5) is 0 Å². The first-order chi connectivity index (χ1) is 10.1. The monoisotopic (exact) mass is 365 g/mol. The lowest BCUT2D eigenvalue weighted by atomic mass is 10.0. The third-order valence-electron chi connectivity index (χ3n) is 3.46. The molecule has 2 aromatic rings. The number of thiophene rings is 1. The predicted molar refractivity (Wildman–Crippen MR) is 88.3 cm³/mol. The van der Waals surface area contributed by atoms with Crippen LogP contribution in [0.15, 0.2) is 34.1 Å². The molecule has 1 unspecified atom stereocenters. The maximum absolute atomic E-state index is 12.1. The van der Waals surface area contributed by atoms with Crippen LogP contribution >= 0.6 is 27.3 Å². The van der Waals surface area contributed by atoms with Gasteiger partial charge in [0, 0.05) is 22.3 Å². The molecule has 0 aliphatic carbocycles. The van der Waals surface area contributed by atoms with Gasteiger partial charge in [-0.25, -0.2) is 0 Å². The fourth-order valence-electron chi connectivity index (χ4n) is 2.50. The van der Waals surface area contributed by atoms with Crippen molar-refractivity contribution in [3.05, 3.63) is 50.1 Å². The highest BCUT2D eigenvalue weighted by molar-refractivity contribution is 9.10. The molecule has 1 aromatic heterocycles. The Balaban J connectivity index is 1.61. The molecule has 1 aliphatic rings. The number of nitrogens with one attached hydrogen (secondary N) is 1. The highest BCUT2D eigenvalue weighted by Crippen LogP contribution is 2.26. The molecule has 1 N–H and O–H groups in total. The Morgan fingerprint density at radius 3 is 3.10 bits per heavy atom. The molecule has 0 spiro atoms. The third kappa shape index (κ3) is 3.47. The van der Waals surface area contributed by atoms with Crippen LogP contribution in [0.1, 0.15) is 27.7 Å². The first-order valence-corrected chi connectivity index (χ1v) is 8.58. The molecule has 5 heteroatoms. The zero-order valence-electron chi connectivity index (χ0n) is 11.7. The molecule has 0 fully saturated rings. The van der Waals surface area contributed by atoms with Crippen molar-refractivity contribution in [2.75, 3.05) is 6.61 Å². The Hall–Kier alpha value is -1.33. The SMILES string of the molecule is CC(Cc1ccc2c(c1)CCO2)NC(=O)c1cc(Br)cs1. The Kier molecular flexibility index (Phi) is 4.31. The van der Waals surface area contributed by atoms with Gasteiger partial charge in [0.2, 0.25) is 0 Å². The van der Waals surface area contributed by atoms with Gasteiger partial charge >= 0.3 is 0 Å². The molecule has 1 aliphatic heterocycles. The molecule has 0 saturated heterocycles. The smallest absolute Gasteiger partial charge is 0.261 e. The summed E-state index contributed by atoms with van der Waals surface area (Å²) in [6, 6.07) is 8.24. The molecule has 21 heavy (non-hydrogen) atoms. The molecule has 0 radical (unpaired) electrons. The average molecular weight is 366 g/mol. The number of hydrogen-bond acceptors (Lipinski definition) is 3. The maximum atomic E-state index is 12.1. The minimum absolute atomic E-state index is 0.0114. The fourth-order valence-corrected chi connectivity index (χ4v) is 3.83. The normalized spacial score (nSPS) is 14.4. The molecule has 3 nitrogen and oxygen atoms in total. The Labute approximate surface area is 136 Å². The summed E-state index contributed by atoms with van der Waals surface area (Å²) in [6.07, 6.45) is 1.80. The number of fused-ring (bicyclic) bond motifs is 1. The number of carbonyl (C=O) groups excluding carboxylic acids is 1. The van der Waals surface area contributed by atoms with E-state index in [9.17, 15) is 4.79 Å². The highest BCUT2D eigenvalue weighted by atomic mass is 79.9. The second-order valence-electron chi connectivity index (χ2n) is 5.25. The number of hydrogen-bond donors (Lipinski definition) is 1. The van der Waals surface area contributed by atoms with Gasteiger partial charge in [-0.05, 0) is 52.5 Å². The average Bonchev–Trinajstić information content (AvgIpc) is 3.06. The van der Waals surface area contributed by atoms with Gasteiger partial charge in [-0.2, -0.15) is 0 Å². The molecule has 0 bridgehead atoms. The van der Waals surface area contributed by atoms with Crippen molar-refractivity contribution in [1.82, 2.24) is 5.32 Å². The van der Waals surface area contributed by atoms with Crippen LogP contribution in [0.25, 0.3) is 0 Å². The van der Waals surface area contributed by atoms with E-state index in [1.54, 1.807) is 0 Å². The van der Waals surface area contributed by atoms with Crippen molar-refractivity contribution in [2.24, 2.45) is 0 Å². The van der Waals surface area contributed by atoms with Crippen molar-refractivity contribution < 1.29 is 9.53 Å². The minimum atomic E-state index is -0.0114. The summed E-state index contributed by atoms with van der Waals surface area (Å²) in [6.45, 7) is 2.81. The van der Waals surface area contributed by atoms with Crippen molar-refractivity contribution in [3.8, 4) is 5.75 Å². The van der Waals surface area contributed by atoms with E-state index in [1.807, 2.05) is 24.4 Å². The fraction of sp³-hybridized carbons (Fsp3) is 0.312. The molecule has 0 saturated carbocycles. The highest BCUT2D eigenvalue weighted by Gasteiger charge is 2.15. The van der Waals surface area contributed by atoms with Crippen LogP contribution in [-0.2, 0) is 12.8 Å². The van der Waals surface area contributed by atoms with Crippen molar-refractivity contribution >= 4 is 33.2 Å². The molecule has 3 rings (SSSR count). The quantitative estimate of drug-likeness (QED) is 0.894. The summed E-state index contributed by atoms with van der Waals surface area (Å²) in [7, 11) is 0. The Morgan fingerprint density at radius 1 is 1.48 bits per heavy atom. The topological polar surface area (TPSA) is 38.3 Å². The first kappa shape index (κ1) is 14.6. The van der Waals surface area contributed by atoms with Crippen LogP contribution in [0.5, 0.6) is 5.75 Å². The molecule has 2 heterocycles. The number of benzene rings is 1. The van der Waals surface area contributed by atoms with E-state index >= 15 is 0 Å². The zero-order chi connectivity index (χ0) is 14.8. The van der Waals surface area contributed by atoms with Gasteiger partial charge in [0.15, 0.2) is 0 Å². The van der Waals surface area contributed by atoms with Crippen LogP contribution in [0.2, 0.25) is 0 Å². The summed E-state index contributed by atoms with van der Waals surface area (Å²) >= 11 is 4.81. The van der Waals surface area contributed by atoms with E-state index in [-0.39, 0.29) is 11.9 Å². The molecule has 1 atom stereocenters. The number of rotatable bonds is 4.